The largest absolute Gasteiger partial charge is 0.478 e. The van der Waals surface area contributed by atoms with E-state index < -0.39 is 11.9 Å². The molecule has 3 rings (SSSR count). The first-order valence-corrected chi connectivity index (χ1v) is 8.86. The number of rotatable bonds is 6. The van der Waals surface area contributed by atoms with Crippen LogP contribution in [0.4, 0.5) is 5.69 Å². The predicted molar refractivity (Wildman–Crippen MR) is 102 cm³/mol. The van der Waals surface area contributed by atoms with Gasteiger partial charge in [0, 0.05) is 23.8 Å². The molecule has 1 aromatic carbocycles. The van der Waals surface area contributed by atoms with E-state index in [0.29, 0.717) is 33.3 Å². The SMILES string of the molecule is C/C(=N\NC(=O)c1cccs1)c1cc2c(cc1NC(=O)/C=C/C(=O)O)OCO2. The second kappa shape index (κ2) is 8.35. The fourth-order valence-corrected chi connectivity index (χ4v) is 2.94. The molecule has 0 saturated heterocycles. The van der Waals surface area contributed by atoms with Gasteiger partial charge in [-0.25, -0.2) is 10.2 Å². The van der Waals surface area contributed by atoms with E-state index in [-0.39, 0.29) is 12.7 Å². The van der Waals surface area contributed by atoms with E-state index in [9.17, 15) is 14.4 Å². The van der Waals surface area contributed by atoms with E-state index in [0.717, 1.165) is 12.2 Å². The minimum absolute atomic E-state index is 0.0381. The third kappa shape index (κ3) is 4.54. The van der Waals surface area contributed by atoms with Crippen LogP contribution >= 0.6 is 11.3 Å². The molecule has 9 nitrogen and oxygen atoms in total. The summed E-state index contributed by atoms with van der Waals surface area (Å²) in [4.78, 5) is 35.1. The number of aliphatic carboxylic acids is 1. The van der Waals surface area contributed by atoms with Gasteiger partial charge in [-0.05, 0) is 24.4 Å². The van der Waals surface area contributed by atoms with E-state index in [4.69, 9.17) is 14.6 Å². The summed E-state index contributed by atoms with van der Waals surface area (Å²) in [6, 6.07) is 6.59. The lowest BCUT2D eigenvalue weighted by Gasteiger charge is -2.11. The number of nitrogens with zero attached hydrogens (tertiary/aromatic N) is 1. The first kappa shape index (κ1) is 19.1. The van der Waals surface area contributed by atoms with Crippen LogP contribution in [-0.4, -0.2) is 35.4 Å². The molecule has 28 heavy (non-hydrogen) atoms. The maximum atomic E-state index is 12.1. The van der Waals surface area contributed by atoms with Gasteiger partial charge in [-0.15, -0.1) is 11.3 Å². The van der Waals surface area contributed by atoms with Gasteiger partial charge in [0.1, 0.15) is 0 Å². The highest BCUT2D eigenvalue weighted by Gasteiger charge is 2.20. The standard InChI is InChI=1S/C18H15N3O6S/c1-10(20-21-18(25)15-3-2-6-28-15)11-7-13-14(27-9-26-13)8-12(11)19-16(22)4-5-17(23)24/h2-8H,9H2,1H3,(H,19,22)(H,21,25)(H,23,24)/b5-4+,20-10+. The van der Waals surface area contributed by atoms with Crippen molar-refractivity contribution in [1.82, 2.24) is 5.43 Å². The van der Waals surface area contributed by atoms with Gasteiger partial charge in [-0.1, -0.05) is 6.07 Å². The fraction of sp³-hybridized carbons (Fsp3) is 0.111. The van der Waals surface area contributed by atoms with E-state index in [1.54, 1.807) is 36.6 Å². The number of hydrogen-bond donors (Lipinski definition) is 3. The van der Waals surface area contributed by atoms with Crippen LogP contribution in [0.3, 0.4) is 0 Å². The van der Waals surface area contributed by atoms with Gasteiger partial charge in [-0.2, -0.15) is 5.10 Å². The maximum Gasteiger partial charge on any atom is 0.328 e. The van der Waals surface area contributed by atoms with Crippen molar-refractivity contribution in [1.29, 1.82) is 0 Å². The smallest absolute Gasteiger partial charge is 0.328 e. The second-order valence-corrected chi connectivity index (χ2v) is 6.48. The minimum atomic E-state index is -1.24. The number of carboxylic acids is 1. The van der Waals surface area contributed by atoms with Crippen molar-refractivity contribution in [2.75, 3.05) is 12.1 Å². The number of amides is 2. The number of carbonyl (C=O) groups is 3. The molecule has 144 valence electrons. The van der Waals surface area contributed by atoms with Crippen molar-refractivity contribution in [3.05, 3.63) is 52.2 Å². The lowest BCUT2D eigenvalue weighted by atomic mass is 10.1. The molecule has 2 amide bonds. The van der Waals surface area contributed by atoms with Crippen molar-refractivity contribution in [3.63, 3.8) is 0 Å². The number of fused-ring (bicyclic) bond motifs is 1. The number of benzene rings is 1. The highest BCUT2D eigenvalue weighted by Crippen LogP contribution is 2.37. The summed E-state index contributed by atoms with van der Waals surface area (Å²) in [6.45, 7) is 1.69. The van der Waals surface area contributed by atoms with Gasteiger partial charge < -0.3 is 19.9 Å². The van der Waals surface area contributed by atoms with Crippen molar-refractivity contribution < 1.29 is 29.0 Å². The van der Waals surface area contributed by atoms with E-state index in [1.807, 2.05) is 0 Å². The summed E-state index contributed by atoms with van der Waals surface area (Å²) in [5.41, 5.74) is 3.67. The molecule has 0 bridgehead atoms. The van der Waals surface area contributed by atoms with Gasteiger partial charge in [0.05, 0.1) is 16.3 Å². The fourth-order valence-electron chi connectivity index (χ4n) is 2.32. The summed E-state index contributed by atoms with van der Waals surface area (Å²) in [6.07, 6.45) is 1.62. The summed E-state index contributed by atoms with van der Waals surface area (Å²) < 4.78 is 10.7. The van der Waals surface area contributed by atoms with Crippen LogP contribution in [0.5, 0.6) is 11.5 Å². The quantitative estimate of drug-likeness (QED) is 0.387. The van der Waals surface area contributed by atoms with Crippen LogP contribution < -0.4 is 20.2 Å². The molecule has 10 heteroatoms. The molecule has 0 atom stereocenters. The molecule has 2 heterocycles. The first-order chi connectivity index (χ1) is 13.4. The average molecular weight is 401 g/mol. The molecule has 0 spiro atoms. The molecule has 0 unspecified atom stereocenters. The molecule has 0 saturated carbocycles. The normalized spacial score (nSPS) is 12.8. The lowest BCUT2D eigenvalue weighted by molar-refractivity contribution is -0.131. The zero-order chi connectivity index (χ0) is 20.1. The summed E-state index contributed by atoms with van der Waals surface area (Å²) >= 11 is 1.28. The minimum Gasteiger partial charge on any atom is -0.478 e. The summed E-state index contributed by atoms with van der Waals surface area (Å²) in [7, 11) is 0. The topological polar surface area (TPSA) is 126 Å². The van der Waals surface area contributed by atoms with Gasteiger partial charge in [0.15, 0.2) is 11.5 Å². The first-order valence-electron chi connectivity index (χ1n) is 7.98. The van der Waals surface area contributed by atoms with Crippen LogP contribution in [0.15, 0.2) is 46.9 Å². The molecule has 0 aliphatic carbocycles. The third-order valence-electron chi connectivity index (χ3n) is 3.61. The Hall–Kier alpha value is -3.66. The van der Waals surface area contributed by atoms with Gasteiger partial charge >= 0.3 is 5.97 Å². The Kier molecular flexibility index (Phi) is 5.70. The number of nitrogens with one attached hydrogen (secondary N) is 2. The van der Waals surface area contributed by atoms with Gasteiger partial charge in [0.25, 0.3) is 5.91 Å². The summed E-state index contributed by atoms with van der Waals surface area (Å²) in [5.74, 6) is -1.34. The Morgan fingerprint density at radius 2 is 1.96 bits per heavy atom. The van der Waals surface area contributed by atoms with Gasteiger partial charge in [-0.3, -0.25) is 9.59 Å². The molecule has 1 aliphatic rings. The average Bonchev–Trinajstić information content (AvgIpc) is 3.34. The number of carbonyl (C=O) groups excluding carboxylic acids is 2. The van der Waals surface area contributed by atoms with Crippen LogP contribution in [0.25, 0.3) is 0 Å². The van der Waals surface area contributed by atoms with E-state index >= 15 is 0 Å². The van der Waals surface area contributed by atoms with Crippen LogP contribution in [0, 0.1) is 0 Å². The molecule has 1 aliphatic heterocycles. The zero-order valence-electron chi connectivity index (χ0n) is 14.6. The monoisotopic (exact) mass is 401 g/mol. The van der Waals surface area contributed by atoms with Gasteiger partial charge in [0.2, 0.25) is 12.7 Å². The number of ether oxygens (including phenoxy) is 2. The number of carboxylic acid groups (broad SMARTS) is 1. The second-order valence-electron chi connectivity index (χ2n) is 5.53. The Bertz CT molecular complexity index is 981. The molecule has 1 aromatic heterocycles. The predicted octanol–water partition coefficient (Wildman–Crippen LogP) is 2.21. The highest BCUT2D eigenvalue weighted by molar-refractivity contribution is 7.12. The number of hydrogen-bond acceptors (Lipinski definition) is 7. The number of thiophene rings is 1. The van der Waals surface area contributed by atoms with E-state index in [2.05, 4.69) is 15.8 Å². The zero-order valence-corrected chi connectivity index (χ0v) is 15.4. The van der Waals surface area contributed by atoms with Crippen LogP contribution in [0.1, 0.15) is 22.2 Å². The maximum absolute atomic E-state index is 12.1. The third-order valence-corrected chi connectivity index (χ3v) is 4.48. The summed E-state index contributed by atoms with van der Waals surface area (Å²) in [5, 5.41) is 17.1. The molecular formula is C18H15N3O6S. The van der Waals surface area contributed by atoms with Crippen molar-refractivity contribution >= 4 is 40.5 Å². The van der Waals surface area contributed by atoms with Crippen molar-refractivity contribution in [2.24, 2.45) is 5.10 Å². The Balaban J connectivity index is 1.85. The van der Waals surface area contributed by atoms with Crippen molar-refractivity contribution in [2.45, 2.75) is 6.92 Å². The molecular weight excluding hydrogens is 386 g/mol. The van der Waals surface area contributed by atoms with Crippen LogP contribution in [0.2, 0.25) is 0 Å². The molecule has 0 fully saturated rings. The molecule has 0 radical (unpaired) electrons. The molecule has 2 aromatic rings. The number of hydrazone groups is 1. The molecule has 3 N–H and O–H groups in total. The Labute approximate surface area is 163 Å². The Morgan fingerprint density at radius 1 is 1.21 bits per heavy atom. The number of anilines is 1. The Morgan fingerprint density at radius 3 is 2.64 bits per heavy atom. The van der Waals surface area contributed by atoms with Crippen molar-refractivity contribution in [3.8, 4) is 11.5 Å². The van der Waals surface area contributed by atoms with E-state index in [1.165, 1.54) is 11.3 Å². The highest BCUT2D eigenvalue weighted by atomic mass is 32.1. The van der Waals surface area contributed by atoms with Crippen LogP contribution in [-0.2, 0) is 9.59 Å². The lowest BCUT2D eigenvalue weighted by Crippen LogP contribution is -2.19.